The van der Waals surface area contributed by atoms with E-state index < -0.39 is 0 Å². The highest BCUT2D eigenvalue weighted by atomic mass is 35.5. The third-order valence-electron chi connectivity index (χ3n) is 5.25. The lowest BCUT2D eigenvalue weighted by molar-refractivity contribution is 0.0728. The summed E-state index contributed by atoms with van der Waals surface area (Å²) in [7, 11) is 1.88. The number of halogens is 1. The van der Waals surface area contributed by atoms with Gasteiger partial charge in [0, 0.05) is 37.9 Å². The molecule has 6 heteroatoms. The molecule has 1 amide bonds. The fraction of sp³-hybridized carbons (Fsp3) is 0.476. The van der Waals surface area contributed by atoms with E-state index >= 15 is 0 Å². The first-order chi connectivity index (χ1) is 13.0. The first-order valence-electron chi connectivity index (χ1n) is 9.52. The van der Waals surface area contributed by atoms with Crippen LogP contribution in [-0.4, -0.2) is 58.9 Å². The summed E-state index contributed by atoms with van der Waals surface area (Å²) in [4.78, 5) is 25.1. The van der Waals surface area contributed by atoms with Crippen LogP contribution < -0.4 is 0 Å². The van der Waals surface area contributed by atoms with Crippen molar-refractivity contribution in [2.45, 2.75) is 26.2 Å². The lowest BCUT2D eigenvalue weighted by atomic mass is 9.96. The Kier molecular flexibility index (Phi) is 6.80. The molecule has 1 atom stereocenters. The van der Waals surface area contributed by atoms with Gasteiger partial charge in [-0.05, 0) is 56.3 Å². The Balaban J connectivity index is 1.51. The maximum Gasteiger partial charge on any atom is 0.257 e. The van der Waals surface area contributed by atoms with Gasteiger partial charge in [-0.3, -0.25) is 4.79 Å². The van der Waals surface area contributed by atoms with Crippen molar-refractivity contribution < 1.29 is 4.79 Å². The summed E-state index contributed by atoms with van der Waals surface area (Å²) in [5, 5.41) is 0.781. The smallest absolute Gasteiger partial charge is 0.257 e. The molecule has 1 aliphatic heterocycles. The third kappa shape index (κ3) is 5.50. The van der Waals surface area contributed by atoms with Gasteiger partial charge in [-0.2, -0.15) is 0 Å². The van der Waals surface area contributed by atoms with Gasteiger partial charge in [-0.15, -0.1) is 0 Å². The second-order valence-electron chi connectivity index (χ2n) is 7.39. The number of aromatic nitrogens is 2. The highest BCUT2D eigenvalue weighted by Gasteiger charge is 2.23. The maximum absolute atomic E-state index is 12.7. The zero-order valence-corrected chi connectivity index (χ0v) is 16.8. The second kappa shape index (κ2) is 9.29. The van der Waals surface area contributed by atoms with Crippen LogP contribution in [-0.2, 0) is 6.42 Å². The Labute approximate surface area is 166 Å². The average Bonchev–Trinajstić information content (AvgIpc) is 2.68. The number of carbonyl (C=O) groups excluding carboxylic acids is 1. The Morgan fingerprint density at radius 1 is 1.33 bits per heavy atom. The zero-order valence-electron chi connectivity index (χ0n) is 16.1. The Bertz CT molecular complexity index is 765. The largest absolute Gasteiger partial charge is 0.341 e. The minimum absolute atomic E-state index is 0.00591. The molecule has 1 fully saturated rings. The predicted molar refractivity (Wildman–Crippen MR) is 108 cm³/mol. The summed E-state index contributed by atoms with van der Waals surface area (Å²) >= 11 is 5.96. The number of nitrogens with zero attached hydrogens (tertiary/aromatic N) is 4. The van der Waals surface area contributed by atoms with E-state index in [1.54, 1.807) is 6.20 Å². The molecule has 0 bridgehead atoms. The number of piperidine rings is 1. The van der Waals surface area contributed by atoms with E-state index in [1.165, 1.54) is 24.7 Å². The number of hydrogen-bond donors (Lipinski definition) is 0. The lowest BCUT2D eigenvalue weighted by Gasteiger charge is -2.34. The van der Waals surface area contributed by atoms with Crippen LogP contribution in [0.5, 0.6) is 0 Å². The summed E-state index contributed by atoms with van der Waals surface area (Å²) in [5.74, 6) is 0.509. The van der Waals surface area contributed by atoms with Crippen molar-refractivity contribution in [3.05, 3.63) is 58.6 Å². The van der Waals surface area contributed by atoms with Gasteiger partial charge in [0.05, 0.1) is 11.3 Å². The van der Waals surface area contributed by atoms with E-state index in [0.717, 1.165) is 43.3 Å². The van der Waals surface area contributed by atoms with Gasteiger partial charge in [0.2, 0.25) is 0 Å². The van der Waals surface area contributed by atoms with Crippen LogP contribution >= 0.6 is 11.6 Å². The number of carbonyl (C=O) groups is 1. The van der Waals surface area contributed by atoms with Gasteiger partial charge >= 0.3 is 0 Å². The van der Waals surface area contributed by atoms with Crippen molar-refractivity contribution in [1.82, 2.24) is 19.8 Å². The highest BCUT2D eigenvalue weighted by molar-refractivity contribution is 6.30. The zero-order chi connectivity index (χ0) is 19.2. The van der Waals surface area contributed by atoms with E-state index in [-0.39, 0.29) is 5.91 Å². The van der Waals surface area contributed by atoms with Gasteiger partial charge < -0.3 is 9.80 Å². The van der Waals surface area contributed by atoms with Gasteiger partial charge in [-0.1, -0.05) is 23.7 Å². The molecule has 2 aromatic rings. The fourth-order valence-electron chi connectivity index (χ4n) is 3.72. The normalized spacial score (nSPS) is 17.7. The quantitative estimate of drug-likeness (QED) is 0.762. The van der Waals surface area contributed by atoms with E-state index in [4.69, 9.17) is 11.6 Å². The van der Waals surface area contributed by atoms with Crippen LogP contribution in [0, 0.1) is 12.8 Å². The van der Waals surface area contributed by atoms with Crippen LogP contribution in [0.1, 0.15) is 34.5 Å². The van der Waals surface area contributed by atoms with Gasteiger partial charge in [0.1, 0.15) is 6.33 Å². The summed E-state index contributed by atoms with van der Waals surface area (Å²) in [5.41, 5.74) is 2.64. The molecule has 27 heavy (non-hydrogen) atoms. The molecule has 0 N–H and O–H groups in total. The number of rotatable bonds is 6. The molecule has 1 aromatic carbocycles. The molecule has 3 rings (SSSR count). The maximum atomic E-state index is 12.7. The van der Waals surface area contributed by atoms with E-state index in [0.29, 0.717) is 11.5 Å². The van der Waals surface area contributed by atoms with Crippen LogP contribution in [0.2, 0.25) is 5.02 Å². The fourth-order valence-corrected chi connectivity index (χ4v) is 3.84. The summed E-state index contributed by atoms with van der Waals surface area (Å²) < 4.78 is 0. The average molecular weight is 387 g/mol. The summed E-state index contributed by atoms with van der Waals surface area (Å²) in [6.45, 7) is 5.83. The third-order valence-corrected chi connectivity index (χ3v) is 5.51. The van der Waals surface area contributed by atoms with Crippen molar-refractivity contribution in [2.75, 3.05) is 33.2 Å². The summed E-state index contributed by atoms with van der Waals surface area (Å²) in [6, 6.07) is 8.10. The molecule has 2 heterocycles. The first-order valence-corrected chi connectivity index (χ1v) is 9.89. The van der Waals surface area contributed by atoms with E-state index in [1.807, 2.05) is 31.0 Å². The molecule has 1 unspecified atom stereocenters. The molecule has 1 aliphatic rings. The predicted octanol–water partition coefficient (Wildman–Crippen LogP) is 3.47. The molecule has 144 valence electrons. The van der Waals surface area contributed by atoms with Crippen molar-refractivity contribution in [3.8, 4) is 0 Å². The Morgan fingerprint density at radius 2 is 2.11 bits per heavy atom. The van der Waals surface area contributed by atoms with Crippen LogP contribution in [0.15, 0.2) is 36.8 Å². The standard InChI is InChI=1S/C21H27ClN4O/c1-16-20(12-23-15-24-16)21(27)25(2)13-18-4-3-10-26(14-18)11-9-17-5-7-19(22)8-6-17/h5-8,12,15,18H,3-4,9-11,13-14H2,1-2H3. The molecule has 1 saturated heterocycles. The molecule has 0 aliphatic carbocycles. The molecule has 1 aromatic heterocycles. The van der Waals surface area contributed by atoms with Crippen molar-refractivity contribution in [3.63, 3.8) is 0 Å². The minimum atomic E-state index is 0.00591. The number of hydrogen-bond acceptors (Lipinski definition) is 4. The topological polar surface area (TPSA) is 49.3 Å². The minimum Gasteiger partial charge on any atom is -0.341 e. The molecular weight excluding hydrogens is 360 g/mol. The monoisotopic (exact) mass is 386 g/mol. The number of benzene rings is 1. The molecular formula is C21H27ClN4O. The van der Waals surface area contributed by atoms with Gasteiger partial charge in [0.25, 0.3) is 5.91 Å². The number of likely N-dealkylation sites (tertiary alicyclic amines) is 1. The molecule has 0 radical (unpaired) electrons. The first kappa shape index (κ1) is 19.8. The van der Waals surface area contributed by atoms with E-state index in [2.05, 4.69) is 27.0 Å². The SMILES string of the molecule is Cc1ncncc1C(=O)N(C)CC1CCCN(CCc2ccc(Cl)cc2)C1. The van der Waals surface area contributed by atoms with E-state index in [9.17, 15) is 4.79 Å². The van der Waals surface area contributed by atoms with Crippen LogP contribution in [0.25, 0.3) is 0 Å². The Hall–Kier alpha value is -1.98. The molecule has 5 nitrogen and oxygen atoms in total. The van der Waals surface area contributed by atoms with Crippen molar-refractivity contribution in [1.29, 1.82) is 0 Å². The second-order valence-corrected chi connectivity index (χ2v) is 7.83. The Morgan fingerprint density at radius 3 is 2.85 bits per heavy atom. The van der Waals surface area contributed by atoms with Gasteiger partial charge in [0.15, 0.2) is 0 Å². The van der Waals surface area contributed by atoms with Gasteiger partial charge in [-0.25, -0.2) is 9.97 Å². The summed E-state index contributed by atoms with van der Waals surface area (Å²) in [6.07, 6.45) is 6.46. The number of aryl methyl sites for hydroxylation is 1. The number of amides is 1. The van der Waals surface area contributed by atoms with Crippen LogP contribution in [0.4, 0.5) is 0 Å². The molecule has 0 spiro atoms. The van der Waals surface area contributed by atoms with Crippen molar-refractivity contribution in [2.24, 2.45) is 5.92 Å². The highest BCUT2D eigenvalue weighted by Crippen LogP contribution is 2.19. The van der Waals surface area contributed by atoms with Crippen LogP contribution in [0.3, 0.4) is 0 Å². The lowest BCUT2D eigenvalue weighted by Crippen LogP contribution is -2.42. The van der Waals surface area contributed by atoms with Crippen molar-refractivity contribution >= 4 is 17.5 Å². The molecule has 0 saturated carbocycles.